The topological polar surface area (TPSA) is 134 Å². The molecule has 0 aliphatic rings. The van der Waals surface area contributed by atoms with E-state index >= 15 is 0 Å². The number of hydrogen-bond donors (Lipinski definition) is 1. The molecule has 0 aliphatic heterocycles. The number of rotatable bonds is 7. The number of carbonyl (C=O) groups is 2. The molecule has 186 valence electrons. The maximum absolute atomic E-state index is 12.5. The zero-order valence-corrected chi connectivity index (χ0v) is 19.7. The second-order valence-corrected chi connectivity index (χ2v) is 7.98. The maximum Gasteiger partial charge on any atom is 0.419 e. The van der Waals surface area contributed by atoms with E-state index in [2.05, 4.69) is 17.2 Å². The van der Waals surface area contributed by atoms with Crippen molar-refractivity contribution < 1.29 is 23.7 Å². The molecule has 37 heavy (non-hydrogen) atoms. The van der Waals surface area contributed by atoms with Crippen LogP contribution in [0.2, 0.25) is 0 Å². The van der Waals surface area contributed by atoms with Crippen molar-refractivity contribution >= 4 is 34.4 Å². The molecule has 0 unspecified atom stereocenters. The highest BCUT2D eigenvalue weighted by Crippen LogP contribution is 2.20. The van der Waals surface area contributed by atoms with Gasteiger partial charge in [0.05, 0.1) is 29.2 Å². The molecule has 0 saturated heterocycles. The first-order valence-electron chi connectivity index (χ1n) is 11.2. The van der Waals surface area contributed by atoms with Crippen LogP contribution in [-0.2, 0) is 16.1 Å². The smallest absolute Gasteiger partial charge is 0.419 e. The Morgan fingerprint density at radius 2 is 1.78 bits per heavy atom. The van der Waals surface area contributed by atoms with Crippen molar-refractivity contribution in [2.75, 3.05) is 12.4 Å². The summed E-state index contributed by atoms with van der Waals surface area (Å²) in [5, 5.41) is 13.7. The molecular formula is C27H21N3O7. The summed E-state index contributed by atoms with van der Waals surface area (Å²) in [6.07, 6.45) is 0.496. The average molecular weight is 499 g/mol. The minimum absolute atomic E-state index is 0.124. The van der Waals surface area contributed by atoms with E-state index in [0.717, 1.165) is 0 Å². The fourth-order valence-corrected chi connectivity index (χ4v) is 3.66. The van der Waals surface area contributed by atoms with Gasteiger partial charge in [0.2, 0.25) is 5.91 Å². The molecule has 4 rings (SSSR count). The first-order valence-corrected chi connectivity index (χ1v) is 11.2. The summed E-state index contributed by atoms with van der Waals surface area (Å²) in [6.45, 7) is 0.215. The van der Waals surface area contributed by atoms with Gasteiger partial charge in [-0.2, -0.15) is 0 Å². The molecule has 0 aliphatic carbocycles. The predicted octanol–water partition coefficient (Wildman–Crippen LogP) is 4.11. The number of amides is 1. The molecule has 0 atom stereocenters. The number of nitro groups is 1. The second kappa shape index (κ2) is 11.0. The molecule has 1 amide bonds. The van der Waals surface area contributed by atoms with E-state index in [9.17, 15) is 24.5 Å². The van der Waals surface area contributed by atoms with Crippen molar-refractivity contribution in [3.63, 3.8) is 0 Å². The standard InChI is InChI=1S/C27H21N3O7/c1-36-26(32)20-7-2-5-18(15-20)10-11-19-6-3-8-21(16-19)28-25(31)9-4-14-29-23-13-12-22(30(34)35)17-24(23)37-27(29)33/h2-3,5-8,12-13,15-17H,4,9,14H2,1H3,(H,28,31). The Balaban J connectivity index is 1.36. The van der Waals surface area contributed by atoms with Gasteiger partial charge in [0, 0.05) is 35.8 Å². The highest BCUT2D eigenvalue weighted by atomic mass is 16.6. The Morgan fingerprint density at radius 1 is 1.05 bits per heavy atom. The van der Waals surface area contributed by atoms with Gasteiger partial charge in [-0.3, -0.25) is 19.5 Å². The largest absolute Gasteiger partial charge is 0.465 e. The number of non-ortho nitro benzene ring substituents is 1. The van der Waals surface area contributed by atoms with E-state index < -0.39 is 16.6 Å². The summed E-state index contributed by atoms with van der Waals surface area (Å²) >= 11 is 0. The lowest BCUT2D eigenvalue weighted by molar-refractivity contribution is -0.384. The molecule has 4 aromatic rings. The van der Waals surface area contributed by atoms with Crippen molar-refractivity contribution in [1.29, 1.82) is 0 Å². The highest BCUT2D eigenvalue weighted by molar-refractivity contribution is 5.91. The fraction of sp³-hybridized carbons (Fsp3) is 0.148. The van der Waals surface area contributed by atoms with Gasteiger partial charge in [0.15, 0.2) is 5.58 Å². The van der Waals surface area contributed by atoms with Crippen LogP contribution < -0.4 is 11.1 Å². The van der Waals surface area contributed by atoms with Crippen LogP contribution in [0.4, 0.5) is 11.4 Å². The number of oxazole rings is 1. The first-order chi connectivity index (χ1) is 17.8. The Morgan fingerprint density at radius 3 is 2.51 bits per heavy atom. The SMILES string of the molecule is COC(=O)c1cccc(C#Cc2cccc(NC(=O)CCCn3c(=O)oc4cc([N+](=O)[O-])ccc43)c2)c1. The van der Waals surface area contributed by atoms with Crippen LogP contribution in [0.5, 0.6) is 0 Å². The van der Waals surface area contributed by atoms with E-state index in [1.807, 2.05) is 0 Å². The molecule has 10 nitrogen and oxygen atoms in total. The quantitative estimate of drug-likeness (QED) is 0.175. The lowest BCUT2D eigenvalue weighted by Crippen LogP contribution is -2.17. The normalized spacial score (nSPS) is 10.4. The highest BCUT2D eigenvalue weighted by Gasteiger charge is 2.14. The summed E-state index contributed by atoms with van der Waals surface area (Å²) in [5.74, 6) is 4.68. The molecule has 0 radical (unpaired) electrons. The summed E-state index contributed by atoms with van der Waals surface area (Å²) < 4.78 is 11.2. The number of esters is 1. The van der Waals surface area contributed by atoms with Crippen molar-refractivity contribution in [3.05, 3.63) is 104 Å². The third-order valence-electron chi connectivity index (χ3n) is 5.43. The number of nitrogens with zero attached hydrogens (tertiary/aromatic N) is 2. The van der Waals surface area contributed by atoms with Gasteiger partial charge in [0.1, 0.15) is 0 Å². The van der Waals surface area contributed by atoms with Crippen LogP contribution in [0.15, 0.2) is 75.9 Å². The number of hydrogen-bond acceptors (Lipinski definition) is 7. The maximum atomic E-state index is 12.5. The lowest BCUT2D eigenvalue weighted by atomic mass is 10.1. The number of aryl methyl sites for hydroxylation is 1. The number of fused-ring (bicyclic) bond motifs is 1. The van der Waals surface area contributed by atoms with Crippen LogP contribution in [0.3, 0.4) is 0 Å². The molecule has 0 bridgehead atoms. The Bertz CT molecular complexity index is 1620. The first kappa shape index (κ1) is 24.9. The van der Waals surface area contributed by atoms with Crippen LogP contribution in [-0.4, -0.2) is 28.5 Å². The van der Waals surface area contributed by atoms with Gasteiger partial charge in [0.25, 0.3) is 5.69 Å². The Kier molecular flexibility index (Phi) is 7.45. The molecule has 1 N–H and O–H groups in total. The van der Waals surface area contributed by atoms with Crippen LogP contribution in [0.25, 0.3) is 11.1 Å². The third kappa shape index (κ3) is 6.10. The van der Waals surface area contributed by atoms with E-state index in [-0.39, 0.29) is 30.1 Å². The van der Waals surface area contributed by atoms with Gasteiger partial charge in [-0.1, -0.05) is 24.0 Å². The van der Waals surface area contributed by atoms with Gasteiger partial charge in [-0.25, -0.2) is 9.59 Å². The molecule has 0 saturated carbocycles. The zero-order chi connectivity index (χ0) is 26.4. The van der Waals surface area contributed by atoms with Crippen molar-refractivity contribution in [1.82, 2.24) is 4.57 Å². The van der Waals surface area contributed by atoms with Crippen molar-refractivity contribution in [2.45, 2.75) is 19.4 Å². The zero-order valence-electron chi connectivity index (χ0n) is 19.7. The molecular weight excluding hydrogens is 478 g/mol. The fourth-order valence-electron chi connectivity index (χ4n) is 3.66. The van der Waals surface area contributed by atoms with E-state index in [1.165, 1.54) is 29.9 Å². The Labute approximate surface area is 210 Å². The molecule has 10 heteroatoms. The summed E-state index contributed by atoms with van der Waals surface area (Å²) in [7, 11) is 1.32. The summed E-state index contributed by atoms with van der Waals surface area (Å²) in [4.78, 5) is 46.6. The summed E-state index contributed by atoms with van der Waals surface area (Å²) in [5.41, 5.74) is 2.67. The third-order valence-corrected chi connectivity index (χ3v) is 5.43. The number of methoxy groups -OCH3 is 1. The molecule has 3 aromatic carbocycles. The van der Waals surface area contributed by atoms with Gasteiger partial charge in [-0.15, -0.1) is 0 Å². The van der Waals surface area contributed by atoms with Gasteiger partial charge in [-0.05, 0) is 48.9 Å². The number of nitro benzene ring substituents is 1. The average Bonchev–Trinajstić information content (AvgIpc) is 3.21. The summed E-state index contributed by atoms with van der Waals surface area (Å²) in [6, 6.07) is 17.8. The number of ether oxygens (including phenoxy) is 1. The minimum atomic E-state index is -0.640. The monoisotopic (exact) mass is 499 g/mol. The number of benzene rings is 3. The van der Waals surface area contributed by atoms with Gasteiger partial charge < -0.3 is 14.5 Å². The number of aromatic nitrogens is 1. The number of anilines is 1. The van der Waals surface area contributed by atoms with E-state index in [0.29, 0.717) is 34.3 Å². The number of carbonyl (C=O) groups excluding carboxylic acids is 2. The second-order valence-electron chi connectivity index (χ2n) is 7.98. The molecule has 1 heterocycles. The molecule has 1 aromatic heterocycles. The van der Waals surface area contributed by atoms with Crippen molar-refractivity contribution in [2.24, 2.45) is 0 Å². The van der Waals surface area contributed by atoms with Gasteiger partial charge >= 0.3 is 11.7 Å². The van der Waals surface area contributed by atoms with Crippen LogP contribution >= 0.6 is 0 Å². The molecule has 0 spiro atoms. The van der Waals surface area contributed by atoms with E-state index in [4.69, 9.17) is 9.15 Å². The van der Waals surface area contributed by atoms with Crippen molar-refractivity contribution in [3.8, 4) is 11.8 Å². The minimum Gasteiger partial charge on any atom is -0.465 e. The number of nitrogens with one attached hydrogen (secondary N) is 1. The van der Waals surface area contributed by atoms with Crippen LogP contribution in [0.1, 0.15) is 34.3 Å². The molecule has 0 fully saturated rings. The van der Waals surface area contributed by atoms with E-state index in [1.54, 1.807) is 48.5 Å². The lowest BCUT2D eigenvalue weighted by Gasteiger charge is -2.06. The predicted molar refractivity (Wildman–Crippen MR) is 135 cm³/mol. The van der Waals surface area contributed by atoms with Crippen LogP contribution in [0, 0.1) is 22.0 Å². The Hall–Kier alpha value is -5.17.